The lowest BCUT2D eigenvalue weighted by Crippen LogP contribution is -2.31. The van der Waals surface area contributed by atoms with Crippen molar-refractivity contribution in [1.29, 1.82) is 0 Å². The minimum atomic E-state index is -5.16. The van der Waals surface area contributed by atoms with Crippen molar-refractivity contribution in [2.75, 3.05) is 6.54 Å². The van der Waals surface area contributed by atoms with E-state index in [1.54, 1.807) is 6.92 Å². The van der Waals surface area contributed by atoms with Crippen LogP contribution in [-0.2, 0) is 10.0 Å². The molecule has 3 atom stereocenters. The summed E-state index contributed by atoms with van der Waals surface area (Å²) in [7, 11) is -5.07. The van der Waals surface area contributed by atoms with E-state index >= 15 is 0 Å². The Kier molecular flexibility index (Phi) is 2.86. The number of hydrogen-bond donors (Lipinski definition) is 0. The summed E-state index contributed by atoms with van der Waals surface area (Å²) in [5, 5.41) is 0. The summed E-state index contributed by atoms with van der Waals surface area (Å²) < 4.78 is 57.6. The first-order valence-corrected chi connectivity index (χ1v) is 6.08. The second-order valence-corrected chi connectivity index (χ2v) is 6.61. The van der Waals surface area contributed by atoms with E-state index in [9.17, 15) is 21.6 Å². The lowest BCUT2D eigenvalue weighted by molar-refractivity contribution is -0.0467. The first kappa shape index (κ1) is 11.5. The fourth-order valence-corrected chi connectivity index (χ4v) is 2.91. The summed E-state index contributed by atoms with van der Waals surface area (Å²) in [6, 6.07) is -0.493. The minimum absolute atomic E-state index is 0.0219. The molecule has 0 aromatic carbocycles. The van der Waals surface area contributed by atoms with Crippen LogP contribution in [0.25, 0.3) is 0 Å². The van der Waals surface area contributed by atoms with Gasteiger partial charge >= 0.3 is 15.5 Å². The Morgan fingerprint density at radius 2 is 2.00 bits per heavy atom. The molecule has 1 rings (SSSR count). The molecular formula is C5H7F3INO2S. The molecule has 8 heteroatoms. The molecule has 0 aliphatic carbocycles. The van der Waals surface area contributed by atoms with Gasteiger partial charge in [0.25, 0.3) is 0 Å². The predicted molar refractivity (Wildman–Crippen MR) is 49.0 cm³/mol. The van der Waals surface area contributed by atoms with Crippen molar-refractivity contribution in [3.05, 3.63) is 0 Å². The van der Waals surface area contributed by atoms with Gasteiger partial charge in [-0.3, -0.25) is 0 Å². The SMILES string of the molecule is C[C@@H](I)[C@H]1CN1S(=O)(=O)C(F)(F)F. The normalized spacial score (nSPS) is 31.5. The topological polar surface area (TPSA) is 37.1 Å². The number of rotatable bonds is 2. The van der Waals surface area contributed by atoms with Crippen LogP contribution in [0.1, 0.15) is 6.92 Å². The lowest BCUT2D eigenvalue weighted by Gasteiger charge is -2.09. The van der Waals surface area contributed by atoms with Gasteiger partial charge in [-0.15, -0.1) is 0 Å². The summed E-state index contributed by atoms with van der Waals surface area (Å²) >= 11 is 1.90. The molecule has 0 spiro atoms. The van der Waals surface area contributed by atoms with Gasteiger partial charge in [0, 0.05) is 10.5 Å². The van der Waals surface area contributed by atoms with Gasteiger partial charge in [-0.25, -0.2) is 8.42 Å². The third kappa shape index (κ3) is 2.09. The monoisotopic (exact) mass is 329 g/mol. The van der Waals surface area contributed by atoms with Crippen molar-refractivity contribution in [3.63, 3.8) is 0 Å². The van der Waals surface area contributed by atoms with Crippen LogP contribution in [0.4, 0.5) is 13.2 Å². The van der Waals surface area contributed by atoms with Gasteiger partial charge in [0.2, 0.25) is 0 Å². The maximum atomic E-state index is 11.9. The molecule has 0 aromatic heterocycles. The molecule has 0 aromatic rings. The van der Waals surface area contributed by atoms with E-state index in [0.717, 1.165) is 0 Å². The summed E-state index contributed by atoms with van der Waals surface area (Å²) in [5.41, 5.74) is -5.16. The molecule has 0 radical (unpaired) electrons. The lowest BCUT2D eigenvalue weighted by atomic mass is 10.4. The maximum Gasteiger partial charge on any atom is 0.511 e. The van der Waals surface area contributed by atoms with Gasteiger partial charge in [-0.05, 0) is 0 Å². The zero-order chi connectivity index (χ0) is 10.4. The van der Waals surface area contributed by atoms with Crippen LogP contribution in [0.5, 0.6) is 0 Å². The molecule has 78 valence electrons. The van der Waals surface area contributed by atoms with Gasteiger partial charge in [-0.1, -0.05) is 29.5 Å². The van der Waals surface area contributed by atoms with Crippen LogP contribution in [0.15, 0.2) is 0 Å². The molecule has 13 heavy (non-hydrogen) atoms. The number of hydrogen-bond acceptors (Lipinski definition) is 2. The first-order chi connectivity index (χ1) is 5.68. The molecule has 1 saturated heterocycles. The quantitative estimate of drug-likeness (QED) is 0.436. The van der Waals surface area contributed by atoms with Gasteiger partial charge in [-0.2, -0.15) is 17.5 Å². The summed E-state index contributed by atoms with van der Waals surface area (Å²) in [5.74, 6) is 0. The Hall–Kier alpha value is 0.430. The number of halogens is 4. The Labute approximate surface area is 87.5 Å². The third-order valence-electron chi connectivity index (χ3n) is 1.73. The van der Waals surface area contributed by atoms with Crippen molar-refractivity contribution in [2.24, 2.45) is 0 Å². The van der Waals surface area contributed by atoms with Crippen LogP contribution >= 0.6 is 22.6 Å². The fraction of sp³-hybridized carbons (Fsp3) is 1.00. The summed E-state index contributed by atoms with van der Waals surface area (Å²) in [4.78, 5) is 0. The molecule has 1 aliphatic heterocycles. The van der Waals surface area contributed by atoms with Crippen LogP contribution < -0.4 is 0 Å². The molecule has 0 bridgehead atoms. The molecule has 3 nitrogen and oxygen atoms in total. The second kappa shape index (κ2) is 3.23. The summed E-state index contributed by atoms with van der Waals surface area (Å²) in [6.45, 7) is 1.66. The Bertz CT molecular complexity index is 299. The molecule has 1 heterocycles. The number of nitrogens with zero attached hydrogens (tertiary/aromatic N) is 1. The van der Waals surface area contributed by atoms with E-state index < -0.39 is 21.6 Å². The van der Waals surface area contributed by atoms with E-state index in [4.69, 9.17) is 0 Å². The number of alkyl halides is 4. The largest absolute Gasteiger partial charge is 0.511 e. The molecule has 1 aliphatic rings. The Morgan fingerprint density at radius 1 is 1.54 bits per heavy atom. The predicted octanol–water partition coefficient (Wildman–Crippen LogP) is 1.34. The standard InChI is InChI=1S/C5H7F3INO2S/c1-3(9)4-2-10(4)13(11,12)5(6,7)8/h3-4H,2H2,1H3/t3-,4-,10?/m1/s1. The Balaban J connectivity index is 2.77. The van der Waals surface area contributed by atoms with Gasteiger partial charge in [0.15, 0.2) is 0 Å². The van der Waals surface area contributed by atoms with Crippen molar-refractivity contribution in [2.45, 2.75) is 22.4 Å². The zero-order valence-electron chi connectivity index (χ0n) is 6.55. The van der Waals surface area contributed by atoms with Crippen molar-refractivity contribution < 1.29 is 21.6 Å². The second-order valence-electron chi connectivity index (χ2n) is 2.77. The first-order valence-electron chi connectivity index (χ1n) is 3.40. The van der Waals surface area contributed by atoms with E-state index in [1.165, 1.54) is 0 Å². The van der Waals surface area contributed by atoms with E-state index in [2.05, 4.69) is 0 Å². The highest BCUT2D eigenvalue weighted by atomic mass is 127. The maximum absolute atomic E-state index is 11.9. The van der Waals surface area contributed by atoms with Crippen LogP contribution in [0, 0.1) is 0 Å². The summed E-state index contributed by atoms with van der Waals surface area (Å²) in [6.07, 6.45) is 0. The fourth-order valence-electron chi connectivity index (χ4n) is 0.921. The highest BCUT2D eigenvalue weighted by molar-refractivity contribution is 14.1. The van der Waals surface area contributed by atoms with E-state index in [1.807, 2.05) is 22.6 Å². The highest BCUT2D eigenvalue weighted by Crippen LogP contribution is 2.37. The minimum Gasteiger partial charge on any atom is -0.203 e. The van der Waals surface area contributed by atoms with Crippen LogP contribution in [0.2, 0.25) is 0 Å². The molecule has 0 amide bonds. The zero-order valence-corrected chi connectivity index (χ0v) is 9.52. The smallest absolute Gasteiger partial charge is 0.203 e. The average Bonchev–Trinajstić information content (AvgIpc) is 2.60. The van der Waals surface area contributed by atoms with Crippen molar-refractivity contribution in [1.82, 2.24) is 4.31 Å². The Morgan fingerprint density at radius 3 is 2.23 bits per heavy atom. The van der Waals surface area contributed by atoms with Gasteiger partial charge in [0.05, 0.1) is 6.04 Å². The van der Waals surface area contributed by atoms with Crippen LogP contribution in [-0.4, -0.2) is 34.7 Å². The van der Waals surface area contributed by atoms with Crippen molar-refractivity contribution in [3.8, 4) is 0 Å². The molecule has 0 N–H and O–H groups in total. The van der Waals surface area contributed by atoms with E-state index in [-0.39, 0.29) is 10.5 Å². The molecule has 0 saturated carbocycles. The molecule has 1 fully saturated rings. The van der Waals surface area contributed by atoms with Crippen molar-refractivity contribution >= 4 is 32.6 Å². The van der Waals surface area contributed by atoms with Gasteiger partial charge < -0.3 is 0 Å². The molecular weight excluding hydrogens is 322 g/mol. The van der Waals surface area contributed by atoms with Crippen LogP contribution in [0.3, 0.4) is 0 Å². The third-order valence-corrected chi connectivity index (χ3v) is 4.19. The number of sulfonamides is 1. The highest BCUT2D eigenvalue weighted by Gasteiger charge is 2.58. The average molecular weight is 329 g/mol. The van der Waals surface area contributed by atoms with Gasteiger partial charge in [0.1, 0.15) is 0 Å². The molecule has 1 unspecified atom stereocenters. The van der Waals surface area contributed by atoms with E-state index in [0.29, 0.717) is 4.31 Å².